The van der Waals surface area contributed by atoms with E-state index in [0.717, 1.165) is 14.5 Å². The Hall–Kier alpha value is -0.880. The van der Waals surface area contributed by atoms with Crippen molar-refractivity contribution in [2.75, 3.05) is 0 Å². The fourth-order valence-electron chi connectivity index (χ4n) is 1.03. The number of aromatic amines is 1. The van der Waals surface area contributed by atoms with Gasteiger partial charge in [-0.3, -0.25) is 0 Å². The van der Waals surface area contributed by atoms with Gasteiger partial charge in [0.15, 0.2) is 0 Å². The molecule has 0 atom stereocenters. The van der Waals surface area contributed by atoms with E-state index in [2.05, 4.69) is 42.1 Å². The number of rotatable bonds is 1. The van der Waals surface area contributed by atoms with Crippen molar-refractivity contribution in [2.45, 2.75) is 0 Å². The highest BCUT2D eigenvalue weighted by atomic mass is 79.9. The van der Waals surface area contributed by atoms with E-state index in [0.29, 0.717) is 0 Å². The number of aromatic nitrogens is 2. The molecule has 2 rings (SSSR count). The highest BCUT2D eigenvalue weighted by Crippen LogP contribution is 2.25. The van der Waals surface area contributed by atoms with E-state index < -0.39 is 5.76 Å². The lowest BCUT2D eigenvalue weighted by Gasteiger charge is -1.97. The van der Waals surface area contributed by atoms with Crippen LogP contribution >= 0.6 is 31.9 Å². The third-order valence-corrected chi connectivity index (χ3v) is 2.46. The molecule has 1 heterocycles. The van der Waals surface area contributed by atoms with E-state index in [9.17, 15) is 4.79 Å². The Balaban J connectivity index is 2.56. The number of H-pyrrole nitrogens is 1. The van der Waals surface area contributed by atoms with Crippen molar-refractivity contribution in [2.24, 2.45) is 0 Å². The molecular formula is C8H4Br2N2O2. The van der Waals surface area contributed by atoms with Crippen LogP contribution in [0.1, 0.15) is 0 Å². The quantitative estimate of drug-likeness (QED) is 0.878. The van der Waals surface area contributed by atoms with Crippen LogP contribution in [0.5, 0.6) is 0 Å². The zero-order chi connectivity index (χ0) is 10.1. The molecule has 0 bridgehead atoms. The Morgan fingerprint density at radius 1 is 1.21 bits per heavy atom. The number of hydrogen-bond donors (Lipinski definition) is 1. The average molecular weight is 320 g/mol. The molecule has 0 aliphatic heterocycles. The van der Waals surface area contributed by atoms with Crippen LogP contribution in [-0.4, -0.2) is 10.2 Å². The van der Waals surface area contributed by atoms with E-state index in [1.54, 1.807) is 0 Å². The molecule has 0 unspecified atom stereocenters. The SMILES string of the molecule is O=c1[nH]nc(-c2cc(Br)cc(Br)c2)o1. The van der Waals surface area contributed by atoms with Crippen LogP contribution in [0.25, 0.3) is 11.5 Å². The molecule has 0 radical (unpaired) electrons. The maximum absolute atomic E-state index is 10.7. The van der Waals surface area contributed by atoms with Crippen molar-refractivity contribution in [1.82, 2.24) is 10.2 Å². The van der Waals surface area contributed by atoms with Crippen molar-refractivity contribution in [1.29, 1.82) is 0 Å². The first-order valence-corrected chi connectivity index (χ1v) is 5.26. The molecule has 0 fully saturated rings. The Morgan fingerprint density at radius 3 is 2.36 bits per heavy atom. The van der Waals surface area contributed by atoms with Crippen LogP contribution in [0.4, 0.5) is 0 Å². The topological polar surface area (TPSA) is 58.9 Å². The second-order valence-corrected chi connectivity index (χ2v) is 4.41. The third kappa shape index (κ3) is 1.96. The number of halogens is 2. The number of benzene rings is 1. The molecule has 6 heteroatoms. The van der Waals surface area contributed by atoms with Crippen molar-refractivity contribution in [3.8, 4) is 11.5 Å². The van der Waals surface area contributed by atoms with Crippen LogP contribution in [0.3, 0.4) is 0 Å². The van der Waals surface area contributed by atoms with E-state index >= 15 is 0 Å². The molecule has 72 valence electrons. The Morgan fingerprint density at radius 2 is 1.86 bits per heavy atom. The largest absolute Gasteiger partial charge is 0.434 e. The van der Waals surface area contributed by atoms with Gasteiger partial charge in [-0.25, -0.2) is 9.89 Å². The minimum Gasteiger partial charge on any atom is -0.388 e. The van der Waals surface area contributed by atoms with Crippen molar-refractivity contribution >= 4 is 31.9 Å². The summed E-state index contributed by atoms with van der Waals surface area (Å²) in [6, 6.07) is 5.50. The molecular weight excluding hydrogens is 316 g/mol. The summed E-state index contributed by atoms with van der Waals surface area (Å²) in [5, 5.41) is 5.93. The van der Waals surface area contributed by atoms with Gasteiger partial charge >= 0.3 is 5.76 Å². The highest BCUT2D eigenvalue weighted by Gasteiger charge is 2.06. The van der Waals surface area contributed by atoms with Crippen LogP contribution < -0.4 is 5.76 Å². The molecule has 1 N–H and O–H groups in total. The van der Waals surface area contributed by atoms with Crippen LogP contribution in [0.2, 0.25) is 0 Å². The lowest BCUT2D eigenvalue weighted by molar-refractivity contribution is 0.527. The first kappa shape index (κ1) is 9.67. The first-order chi connectivity index (χ1) is 6.65. The summed E-state index contributed by atoms with van der Waals surface area (Å²) in [7, 11) is 0. The fraction of sp³-hybridized carbons (Fsp3) is 0. The summed E-state index contributed by atoms with van der Waals surface area (Å²) in [5.74, 6) is -0.284. The molecule has 0 spiro atoms. The lowest BCUT2D eigenvalue weighted by Crippen LogP contribution is -1.93. The smallest absolute Gasteiger partial charge is 0.388 e. The lowest BCUT2D eigenvalue weighted by atomic mass is 10.2. The van der Waals surface area contributed by atoms with E-state index in [4.69, 9.17) is 4.42 Å². The Bertz CT molecular complexity index is 498. The van der Waals surface area contributed by atoms with Gasteiger partial charge in [-0.1, -0.05) is 31.9 Å². The van der Waals surface area contributed by atoms with Crippen LogP contribution in [0, 0.1) is 0 Å². The molecule has 0 aliphatic carbocycles. The predicted molar refractivity (Wildman–Crippen MR) is 58.0 cm³/mol. The molecule has 2 aromatic rings. The molecule has 1 aromatic heterocycles. The number of nitrogens with zero attached hydrogens (tertiary/aromatic N) is 1. The minimum atomic E-state index is -0.559. The van der Waals surface area contributed by atoms with E-state index in [1.807, 2.05) is 18.2 Å². The molecule has 0 saturated carbocycles. The minimum absolute atomic E-state index is 0.275. The van der Waals surface area contributed by atoms with Gasteiger partial charge in [-0.15, -0.1) is 5.10 Å². The molecule has 14 heavy (non-hydrogen) atoms. The number of hydrogen-bond acceptors (Lipinski definition) is 3. The second-order valence-electron chi connectivity index (χ2n) is 2.58. The standard InChI is InChI=1S/C8H4Br2N2O2/c9-5-1-4(2-6(10)3-5)7-11-12-8(13)14-7/h1-3H,(H,12,13). The van der Waals surface area contributed by atoms with Gasteiger partial charge in [-0.05, 0) is 18.2 Å². The molecule has 0 aliphatic rings. The third-order valence-electron chi connectivity index (χ3n) is 1.55. The van der Waals surface area contributed by atoms with E-state index in [-0.39, 0.29) is 5.89 Å². The predicted octanol–water partition coefficient (Wildman–Crippen LogP) is 2.55. The molecule has 4 nitrogen and oxygen atoms in total. The molecule has 1 aromatic carbocycles. The zero-order valence-corrected chi connectivity index (χ0v) is 9.92. The zero-order valence-electron chi connectivity index (χ0n) is 6.75. The maximum Gasteiger partial charge on any atom is 0.434 e. The van der Waals surface area contributed by atoms with Crippen molar-refractivity contribution in [3.63, 3.8) is 0 Å². The number of nitrogens with one attached hydrogen (secondary N) is 1. The summed E-state index contributed by atoms with van der Waals surface area (Å²) in [5.41, 5.74) is 0.726. The van der Waals surface area contributed by atoms with Gasteiger partial charge in [0.2, 0.25) is 5.89 Å². The molecule has 0 amide bonds. The van der Waals surface area contributed by atoms with Crippen molar-refractivity contribution < 1.29 is 4.42 Å². The maximum atomic E-state index is 10.7. The Labute approximate surface area is 95.6 Å². The summed E-state index contributed by atoms with van der Waals surface area (Å²) >= 11 is 6.66. The fourth-order valence-corrected chi connectivity index (χ4v) is 2.32. The summed E-state index contributed by atoms with van der Waals surface area (Å²) in [4.78, 5) is 10.7. The molecule has 0 saturated heterocycles. The highest BCUT2D eigenvalue weighted by molar-refractivity contribution is 9.11. The van der Waals surface area contributed by atoms with Crippen molar-refractivity contribution in [3.05, 3.63) is 37.7 Å². The first-order valence-electron chi connectivity index (χ1n) is 3.67. The van der Waals surface area contributed by atoms with Gasteiger partial charge in [0.1, 0.15) is 0 Å². The van der Waals surface area contributed by atoms with Gasteiger partial charge in [0.05, 0.1) is 0 Å². The van der Waals surface area contributed by atoms with Gasteiger partial charge in [-0.2, -0.15) is 0 Å². The summed E-state index contributed by atoms with van der Waals surface area (Å²) in [6.45, 7) is 0. The van der Waals surface area contributed by atoms with E-state index in [1.165, 1.54) is 0 Å². The van der Waals surface area contributed by atoms with Crippen LogP contribution in [-0.2, 0) is 0 Å². The second kappa shape index (κ2) is 3.70. The van der Waals surface area contributed by atoms with Gasteiger partial charge < -0.3 is 4.42 Å². The normalized spacial score (nSPS) is 10.4. The average Bonchev–Trinajstić information content (AvgIpc) is 2.50. The summed E-state index contributed by atoms with van der Waals surface area (Å²) < 4.78 is 6.58. The monoisotopic (exact) mass is 318 g/mol. The van der Waals surface area contributed by atoms with Gasteiger partial charge in [0.25, 0.3) is 0 Å². The Kier molecular flexibility index (Phi) is 2.56. The van der Waals surface area contributed by atoms with Crippen LogP contribution in [0.15, 0.2) is 36.4 Å². The summed E-state index contributed by atoms with van der Waals surface area (Å²) in [6.07, 6.45) is 0. The van der Waals surface area contributed by atoms with Gasteiger partial charge in [0, 0.05) is 14.5 Å².